The maximum atomic E-state index is 11.9. The quantitative estimate of drug-likeness (QED) is 0.571. The summed E-state index contributed by atoms with van der Waals surface area (Å²) in [4.78, 5) is 11.9. The highest BCUT2D eigenvalue weighted by Gasteiger charge is 2.13. The molecule has 1 heterocycles. The van der Waals surface area contributed by atoms with Crippen molar-refractivity contribution < 1.29 is 4.79 Å². The number of aromatic nitrogens is 2. The minimum atomic E-state index is -0.415. The Labute approximate surface area is 152 Å². The van der Waals surface area contributed by atoms with E-state index < -0.39 is 5.91 Å². The van der Waals surface area contributed by atoms with Crippen LogP contribution in [-0.2, 0) is 11.3 Å². The monoisotopic (exact) mass is 342 g/mol. The Morgan fingerprint density at radius 2 is 1.81 bits per heavy atom. The Morgan fingerprint density at radius 3 is 2.42 bits per heavy atom. The molecule has 0 radical (unpaired) electrons. The van der Waals surface area contributed by atoms with E-state index in [0.717, 1.165) is 22.4 Å². The third-order valence-electron chi connectivity index (χ3n) is 3.92. The van der Waals surface area contributed by atoms with E-state index in [4.69, 9.17) is 0 Å². The van der Waals surface area contributed by atoms with Gasteiger partial charge < -0.3 is 5.32 Å². The minimum Gasteiger partial charge on any atom is -0.354 e. The number of rotatable bonds is 5. The maximum absolute atomic E-state index is 11.9. The molecule has 5 heteroatoms. The Balaban J connectivity index is 2.05. The SMILES string of the molecule is CNC(=O)/C(C#N)=C/c1cn(Cc2ccccc2)nc1-c1ccccc1. The first-order valence-corrected chi connectivity index (χ1v) is 8.22. The van der Waals surface area contributed by atoms with Crippen molar-refractivity contribution in [1.82, 2.24) is 15.1 Å². The molecule has 128 valence electrons. The van der Waals surface area contributed by atoms with Crippen LogP contribution >= 0.6 is 0 Å². The number of amides is 1. The van der Waals surface area contributed by atoms with Crippen LogP contribution in [0.2, 0.25) is 0 Å². The zero-order valence-electron chi connectivity index (χ0n) is 14.4. The van der Waals surface area contributed by atoms with E-state index in [9.17, 15) is 10.1 Å². The van der Waals surface area contributed by atoms with Gasteiger partial charge in [-0.05, 0) is 11.6 Å². The Morgan fingerprint density at radius 1 is 1.15 bits per heavy atom. The topological polar surface area (TPSA) is 70.7 Å². The molecule has 1 N–H and O–H groups in total. The highest BCUT2D eigenvalue weighted by atomic mass is 16.1. The number of likely N-dealkylation sites (N-methyl/N-ethyl adjacent to an activating group) is 1. The first-order chi connectivity index (χ1) is 12.7. The third kappa shape index (κ3) is 3.87. The van der Waals surface area contributed by atoms with Crippen molar-refractivity contribution in [3.8, 4) is 17.3 Å². The van der Waals surface area contributed by atoms with Crippen LogP contribution in [-0.4, -0.2) is 22.7 Å². The predicted molar refractivity (Wildman–Crippen MR) is 101 cm³/mol. The normalized spacial score (nSPS) is 11.0. The lowest BCUT2D eigenvalue weighted by atomic mass is 10.1. The van der Waals surface area contributed by atoms with Crippen LogP contribution in [0.15, 0.2) is 72.4 Å². The van der Waals surface area contributed by atoms with Crippen molar-refractivity contribution in [2.75, 3.05) is 7.05 Å². The fourth-order valence-corrected chi connectivity index (χ4v) is 2.65. The molecule has 0 spiro atoms. The molecule has 0 atom stereocenters. The zero-order valence-corrected chi connectivity index (χ0v) is 14.4. The smallest absolute Gasteiger partial charge is 0.261 e. The second-order valence-corrected chi connectivity index (χ2v) is 5.73. The molecule has 3 aromatic rings. The summed E-state index contributed by atoms with van der Waals surface area (Å²) >= 11 is 0. The number of carbonyl (C=O) groups is 1. The molecular weight excluding hydrogens is 324 g/mol. The van der Waals surface area contributed by atoms with E-state index in [1.54, 1.807) is 6.08 Å². The fraction of sp³-hybridized carbons (Fsp3) is 0.0952. The van der Waals surface area contributed by atoms with Crippen molar-refractivity contribution in [2.24, 2.45) is 0 Å². The van der Waals surface area contributed by atoms with E-state index in [1.165, 1.54) is 7.05 Å². The summed E-state index contributed by atoms with van der Waals surface area (Å²) < 4.78 is 1.82. The van der Waals surface area contributed by atoms with Crippen LogP contribution < -0.4 is 5.32 Å². The molecule has 3 rings (SSSR count). The zero-order chi connectivity index (χ0) is 18.4. The summed E-state index contributed by atoms with van der Waals surface area (Å²) in [6, 6.07) is 21.7. The molecule has 0 aliphatic rings. The molecular formula is C21H18N4O. The van der Waals surface area contributed by atoms with Gasteiger partial charge in [0.05, 0.1) is 12.2 Å². The molecule has 5 nitrogen and oxygen atoms in total. The number of nitrogens with zero attached hydrogens (tertiary/aromatic N) is 3. The van der Waals surface area contributed by atoms with Gasteiger partial charge in [0.2, 0.25) is 0 Å². The summed E-state index contributed by atoms with van der Waals surface area (Å²) in [5.74, 6) is -0.415. The van der Waals surface area contributed by atoms with Crippen LogP contribution in [0.4, 0.5) is 0 Å². The predicted octanol–water partition coefficient (Wildman–Crippen LogP) is 3.25. The van der Waals surface area contributed by atoms with Crippen LogP contribution in [0.5, 0.6) is 0 Å². The standard InChI is InChI=1S/C21H18N4O/c1-23-21(26)18(13-22)12-19-15-25(14-16-8-4-2-5-9-16)24-20(19)17-10-6-3-7-11-17/h2-12,15H,14H2,1H3,(H,23,26)/b18-12+. The molecule has 0 aliphatic carbocycles. The number of hydrogen-bond donors (Lipinski definition) is 1. The van der Waals surface area contributed by atoms with Crippen LogP contribution in [0.25, 0.3) is 17.3 Å². The van der Waals surface area contributed by atoms with Gasteiger partial charge in [0.1, 0.15) is 11.6 Å². The van der Waals surface area contributed by atoms with Crippen molar-refractivity contribution >= 4 is 12.0 Å². The summed E-state index contributed by atoms with van der Waals surface area (Å²) in [6.45, 7) is 0.608. The molecule has 2 aromatic carbocycles. The van der Waals surface area contributed by atoms with E-state index in [-0.39, 0.29) is 5.57 Å². The second-order valence-electron chi connectivity index (χ2n) is 5.73. The molecule has 0 fully saturated rings. The van der Waals surface area contributed by atoms with Gasteiger partial charge in [-0.25, -0.2) is 0 Å². The first-order valence-electron chi connectivity index (χ1n) is 8.22. The molecule has 0 bridgehead atoms. The lowest BCUT2D eigenvalue weighted by Gasteiger charge is -2.01. The summed E-state index contributed by atoms with van der Waals surface area (Å²) in [7, 11) is 1.50. The lowest BCUT2D eigenvalue weighted by Crippen LogP contribution is -2.19. The van der Waals surface area contributed by atoms with E-state index in [0.29, 0.717) is 6.54 Å². The van der Waals surface area contributed by atoms with Gasteiger partial charge in [0, 0.05) is 24.4 Å². The van der Waals surface area contributed by atoms with Crippen molar-refractivity contribution in [2.45, 2.75) is 6.54 Å². The van der Waals surface area contributed by atoms with Crippen molar-refractivity contribution in [1.29, 1.82) is 5.26 Å². The van der Waals surface area contributed by atoms with Crippen molar-refractivity contribution in [3.63, 3.8) is 0 Å². The average molecular weight is 342 g/mol. The molecule has 1 aromatic heterocycles. The van der Waals surface area contributed by atoms with Crippen LogP contribution in [0.3, 0.4) is 0 Å². The fourth-order valence-electron chi connectivity index (χ4n) is 2.65. The molecule has 1 amide bonds. The highest BCUT2D eigenvalue weighted by molar-refractivity contribution is 6.02. The van der Waals surface area contributed by atoms with Gasteiger partial charge in [-0.1, -0.05) is 60.7 Å². The minimum absolute atomic E-state index is 0.0453. The first kappa shape index (κ1) is 17.2. The molecule has 26 heavy (non-hydrogen) atoms. The maximum Gasteiger partial charge on any atom is 0.261 e. The molecule has 0 saturated carbocycles. The highest BCUT2D eigenvalue weighted by Crippen LogP contribution is 2.24. The Kier molecular flexibility index (Phi) is 5.25. The van der Waals surface area contributed by atoms with E-state index in [2.05, 4.69) is 10.4 Å². The Bertz CT molecular complexity index is 966. The van der Waals surface area contributed by atoms with E-state index in [1.807, 2.05) is 77.6 Å². The van der Waals surface area contributed by atoms with Gasteiger partial charge in [0.15, 0.2) is 0 Å². The summed E-state index contributed by atoms with van der Waals surface area (Å²) in [5, 5.41) is 16.5. The van der Waals surface area contributed by atoms with Gasteiger partial charge in [-0.3, -0.25) is 9.48 Å². The summed E-state index contributed by atoms with van der Waals surface area (Å²) in [6.07, 6.45) is 3.44. The second kappa shape index (κ2) is 7.95. The molecule has 0 aliphatic heterocycles. The average Bonchev–Trinajstić information content (AvgIpc) is 3.09. The number of nitriles is 1. The molecule has 0 saturated heterocycles. The number of carbonyl (C=O) groups excluding carboxylic acids is 1. The van der Waals surface area contributed by atoms with E-state index >= 15 is 0 Å². The van der Waals surface area contributed by atoms with Gasteiger partial charge in [-0.15, -0.1) is 0 Å². The van der Waals surface area contributed by atoms with Crippen LogP contribution in [0, 0.1) is 11.3 Å². The number of hydrogen-bond acceptors (Lipinski definition) is 3. The number of benzene rings is 2. The van der Waals surface area contributed by atoms with Crippen LogP contribution in [0.1, 0.15) is 11.1 Å². The summed E-state index contributed by atoms with van der Waals surface area (Å²) in [5.41, 5.74) is 3.56. The molecule has 0 unspecified atom stereocenters. The van der Waals surface area contributed by atoms with Crippen molar-refractivity contribution in [3.05, 3.63) is 83.6 Å². The Hall–Kier alpha value is -3.65. The largest absolute Gasteiger partial charge is 0.354 e. The van der Waals surface area contributed by atoms with Gasteiger partial charge in [0.25, 0.3) is 5.91 Å². The van der Waals surface area contributed by atoms with Gasteiger partial charge in [-0.2, -0.15) is 10.4 Å². The lowest BCUT2D eigenvalue weighted by molar-refractivity contribution is -0.116. The third-order valence-corrected chi connectivity index (χ3v) is 3.92. The van der Waals surface area contributed by atoms with Gasteiger partial charge >= 0.3 is 0 Å². The number of nitrogens with one attached hydrogen (secondary N) is 1.